The Bertz CT molecular complexity index is 672. The minimum atomic E-state index is -2.16. The minimum Gasteiger partial charge on any atom is -0.388 e. The number of aliphatic hydroxyl groups excluding tert-OH is 2. The van der Waals surface area contributed by atoms with Crippen LogP contribution in [0, 0.1) is 0 Å². The second-order valence-electron chi connectivity index (χ2n) is 11.2. The maximum Gasteiger partial charge on any atom is 0.230 e. The first kappa shape index (κ1) is 39.0. The minimum absolute atomic E-state index is 0.0219. The lowest BCUT2D eigenvalue weighted by Gasteiger charge is -2.39. The summed E-state index contributed by atoms with van der Waals surface area (Å²) in [6.07, 6.45) is 2.21. The third-order valence-corrected chi connectivity index (χ3v) is 6.20. The van der Waals surface area contributed by atoms with Gasteiger partial charge in [-0.2, -0.15) is 0 Å². The van der Waals surface area contributed by atoms with E-state index < -0.39 is 41.5 Å². The average Bonchev–Trinajstić information content (AvgIpc) is 2.85. The Hall–Kier alpha value is -1.02. The standard InChI is InChI=1S/C29H54F2O9/c1-9-13-34-19-24(32)21-36-15-11-26(3,4)38-16-12-28(7,30)27(5,6)40-23-29(8,31)39-18-17-37-22-25(33)20-35-14-10-2/h9-10,24-25,32-33H,1-2,11-23H2,3-8H3. The Kier molecular flexibility index (Phi) is 19.5. The summed E-state index contributed by atoms with van der Waals surface area (Å²) in [5.74, 6) is -2.16. The van der Waals surface area contributed by atoms with E-state index in [9.17, 15) is 14.6 Å². The number of alkyl halides is 2. The summed E-state index contributed by atoms with van der Waals surface area (Å²) >= 11 is 0. The first-order chi connectivity index (χ1) is 18.6. The van der Waals surface area contributed by atoms with E-state index >= 15 is 4.39 Å². The molecule has 0 heterocycles. The van der Waals surface area contributed by atoms with Crippen molar-refractivity contribution in [3.8, 4) is 0 Å². The van der Waals surface area contributed by atoms with Crippen LogP contribution < -0.4 is 0 Å². The van der Waals surface area contributed by atoms with Gasteiger partial charge in [-0.25, -0.2) is 8.78 Å². The monoisotopic (exact) mass is 584 g/mol. The number of rotatable bonds is 27. The van der Waals surface area contributed by atoms with Gasteiger partial charge in [0.1, 0.15) is 24.5 Å². The Balaban J connectivity index is 4.32. The van der Waals surface area contributed by atoms with Crippen molar-refractivity contribution in [2.75, 3.05) is 72.7 Å². The molecule has 0 aromatic rings. The molecule has 0 aromatic carbocycles. The molecule has 0 bridgehead atoms. The van der Waals surface area contributed by atoms with Gasteiger partial charge in [0.25, 0.3) is 0 Å². The van der Waals surface area contributed by atoms with E-state index in [2.05, 4.69) is 13.2 Å². The smallest absolute Gasteiger partial charge is 0.230 e. The average molecular weight is 585 g/mol. The number of ether oxygens (including phenoxy) is 7. The Morgan fingerprint density at radius 2 is 1.15 bits per heavy atom. The molecular formula is C29H54F2O9. The van der Waals surface area contributed by atoms with Gasteiger partial charge in [-0.15, -0.1) is 13.2 Å². The van der Waals surface area contributed by atoms with Crippen LogP contribution in [-0.2, 0) is 33.2 Å². The van der Waals surface area contributed by atoms with Gasteiger partial charge in [-0.1, -0.05) is 12.2 Å². The maximum absolute atomic E-state index is 15.6. The third kappa shape index (κ3) is 19.2. The normalized spacial score (nSPS) is 17.1. The molecule has 238 valence electrons. The third-order valence-electron chi connectivity index (χ3n) is 6.20. The van der Waals surface area contributed by atoms with Crippen molar-refractivity contribution in [3.05, 3.63) is 25.3 Å². The Morgan fingerprint density at radius 3 is 1.68 bits per heavy atom. The fraction of sp³-hybridized carbons (Fsp3) is 0.862. The fourth-order valence-electron chi connectivity index (χ4n) is 3.13. The van der Waals surface area contributed by atoms with Crippen LogP contribution in [0.2, 0.25) is 0 Å². The Labute approximate surface area is 239 Å². The molecule has 0 fully saturated rings. The van der Waals surface area contributed by atoms with Crippen molar-refractivity contribution < 1.29 is 52.2 Å². The van der Waals surface area contributed by atoms with Gasteiger partial charge < -0.3 is 43.4 Å². The second kappa shape index (κ2) is 20.0. The lowest BCUT2D eigenvalue weighted by Crippen LogP contribution is -2.49. The molecule has 4 atom stereocenters. The van der Waals surface area contributed by atoms with Crippen LogP contribution in [0.3, 0.4) is 0 Å². The first-order valence-electron chi connectivity index (χ1n) is 13.8. The summed E-state index contributed by atoms with van der Waals surface area (Å²) in [5.41, 5.74) is -3.72. The number of halogens is 2. The van der Waals surface area contributed by atoms with Gasteiger partial charge in [-0.05, 0) is 48.0 Å². The number of hydrogen-bond acceptors (Lipinski definition) is 9. The van der Waals surface area contributed by atoms with Gasteiger partial charge in [0.15, 0.2) is 0 Å². The van der Waals surface area contributed by atoms with Gasteiger partial charge >= 0.3 is 0 Å². The zero-order valence-corrected chi connectivity index (χ0v) is 25.4. The van der Waals surface area contributed by atoms with Crippen molar-refractivity contribution in [2.24, 2.45) is 0 Å². The Morgan fingerprint density at radius 1 is 0.650 bits per heavy atom. The largest absolute Gasteiger partial charge is 0.388 e. The number of hydrogen-bond donors (Lipinski definition) is 2. The summed E-state index contributed by atoms with van der Waals surface area (Å²) < 4.78 is 68.2. The SMILES string of the molecule is C=CCOCC(O)COCCOC(C)(F)COC(C)(C)C(C)(F)CCOC(C)(C)CCOCC(O)COCC=C. The molecule has 40 heavy (non-hydrogen) atoms. The molecule has 0 spiro atoms. The van der Waals surface area contributed by atoms with Crippen molar-refractivity contribution in [1.82, 2.24) is 0 Å². The molecule has 4 unspecified atom stereocenters. The van der Waals surface area contributed by atoms with Crippen molar-refractivity contribution in [2.45, 2.75) is 89.3 Å². The summed E-state index contributed by atoms with van der Waals surface area (Å²) in [6, 6.07) is 0. The fourth-order valence-corrected chi connectivity index (χ4v) is 3.13. The van der Waals surface area contributed by atoms with Crippen LogP contribution in [0.1, 0.15) is 54.4 Å². The highest BCUT2D eigenvalue weighted by atomic mass is 19.2. The summed E-state index contributed by atoms with van der Waals surface area (Å²) in [5, 5.41) is 19.5. The van der Waals surface area contributed by atoms with E-state index in [1.807, 2.05) is 13.8 Å². The second-order valence-corrected chi connectivity index (χ2v) is 11.2. The lowest BCUT2D eigenvalue weighted by molar-refractivity contribution is -0.221. The van der Waals surface area contributed by atoms with Crippen LogP contribution in [-0.4, -0.2) is 118 Å². The molecule has 0 saturated carbocycles. The molecule has 9 nitrogen and oxygen atoms in total. The first-order valence-corrected chi connectivity index (χ1v) is 13.8. The molecule has 0 amide bonds. The predicted octanol–water partition coefficient (Wildman–Crippen LogP) is 3.95. The van der Waals surface area contributed by atoms with E-state index in [1.165, 1.54) is 13.8 Å². The summed E-state index contributed by atoms with van der Waals surface area (Å²) in [6.45, 7) is 17.7. The highest BCUT2D eigenvalue weighted by Crippen LogP contribution is 2.34. The highest BCUT2D eigenvalue weighted by molar-refractivity contribution is 4.93. The van der Waals surface area contributed by atoms with Gasteiger partial charge in [0, 0.05) is 13.0 Å². The lowest BCUT2D eigenvalue weighted by atomic mass is 9.86. The van der Waals surface area contributed by atoms with E-state index in [0.29, 0.717) is 26.2 Å². The molecule has 0 aliphatic carbocycles. The van der Waals surface area contributed by atoms with Crippen LogP contribution in [0.15, 0.2) is 25.3 Å². The zero-order chi connectivity index (χ0) is 30.7. The van der Waals surface area contributed by atoms with Crippen LogP contribution >= 0.6 is 0 Å². The van der Waals surface area contributed by atoms with E-state index in [-0.39, 0.29) is 52.7 Å². The molecule has 0 radical (unpaired) electrons. The van der Waals surface area contributed by atoms with Crippen molar-refractivity contribution in [3.63, 3.8) is 0 Å². The molecule has 0 aliphatic rings. The number of aliphatic hydroxyl groups is 2. The van der Waals surface area contributed by atoms with Gasteiger partial charge in [0.2, 0.25) is 5.85 Å². The zero-order valence-electron chi connectivity index (χ0n) is 25.4. The molecule has 0 saturated heterocycles. The summed E-state index contributed by atoms with van der Waals surface area (Å²) in [4.78, 5) is 0. The van der Waals surface area contributed by atoms with Crippen molar-refractivity contribution >= 4 is 0 Å². The molecule has 0 aliphatic heterocycles. The van der Waals surface area contributed by atoms with Crippen molar-refractivity contribution in [1.29, 1.82) is 0 Å². The van der Waals surface area contributed by atoms with E-state index in [0.717, 1.165) is 0 Å². The predicted molar refractivity (Wildman–Crippen MR) is 150 cm³/mol. The molecular weight excluding hydrogens is 530 g/mol. The molecule has 0 rings (SSSR count). The summed E-state index contributed by atoms with van der Waals surface area (Å²) in [7, 11) is 0. The van der Waals surface area contributed by atoms with Crippen LogP contribution in [0.4, 0.5) is 8.78 Å². The van der Waals surface area contributed by atoms with E-state index in [1.54, 1.807) is 26.0 Å². The molecule has 0 aromatic heterocycles. The molecule has 2 N–H and O–H groups in total. The highest BCUT2D eigenvalue weighted by Gasteiger charge is 2.44. The van der Waals surface area contributed by atoms with Gasteiger partial charge in [-0.3, -0.25) is 0 Å². The topological polar surface area (TPSA) is 105 Å². The van der Waals surface area contributed by atoms with E-state index in [4.69, 9.17) is 33.2 Å². The maximum atomic E-state index is 15.6. The van der Waals surface area contributed by atoms with Crippen LogP contribution in [0.25, 0.3) is 0 Å². The van der Waals surface area contributed by atoms with Gasteiger partial charge in [0.05, 0.1) is 70.7 Å². The molecule has 11 heteroatoms. The van der Waals surface area contributed by atoms with Crippen LogP contribution in [0.5, 0.6) is 0 Å². The quantitative estimate of drug-likeness (QED) is 0.110.